The van der Waals surface area contributed by atoms with Crippen molar-refractivity contribution >= 4 is 22.6 Å². The van der Waals surface area contributed by atoms with Crippen molar-refractivity contribution in [1.29, 1.82) is 0 Å². The highest BCUT2D eigenvalue weighted by Gasteiger charge is 2.24. The number of nitrogens with zero attached hydrogens (tertiary/aromatic N) is 2. The maximum absolute atomic E-state index is 13.2. The molecule has 1 aromatic heterocycles. The molecule has 1 amide bonds. The number of aromatic hydroxyl groups is 1. The zero-order chi connectivity index (χ0) is 28.0. The number of benzene rings is 3. The summed E-state index contributed by atoms with van der Waals surface area (Å²) in [6.45, 7) is 4.39. The molecule has 7 heteroatoms. The third-order valence-corrected chi connectivity index (χ3v) is 8.12. The van der Waals surface area contributed by atoms with Gasteiger partial charge in [0.2, 0.25) is 0 Å². The maximum Gasteiger partial charge on any atom is 0.251 e. The van der Waals surface area contributed by atoms with Crippen LogP contribution < -0.4 is 5.32 Å². The van der Waals surface area contributed by atoms with Crippen LogP contribution in [0.25, 0.3) is 16.7 Å². The summed E-state index contributed by atoms with van der Waals surface area (Å²) in [6, 6.07) is 23.5. The number of piperidine rings is 1. The number of aromatic amines is 1. The molecule has 0 unspecified atom stereocenters. The van der Waals surface area contributed by atoms with Gasteiger partial charge in [0.15, 0.2) is 0 Å². The van der Waals surface area contributed by atoms with E-state index in [1.807, 2.05) is 61.1 Å². The summed E-state index contributed by atoms with van der Waals surface area (Å²) >= 11 is 0. The van der Waals surface area contributed by atoms with Gasteiger partial charge in [0.1, 0.15) is 17.8 Å². The maximum atomic E-state index is 13.2. The van der Waals surface area contributed by atoms with Gasteiger partial charge >= 0.3 is 0 Å². The average molecular weight is 549 g/mol. The number of amides is 1. The van der Waals surface area contributed by atoms with E-state index in [2.05, 4.69) is 38.3 Å². The number of carbonyl (C=O) groups is 1. The normalized spacial score (nSPS) is 16.0. The molecule has 0 radical (unpaired) electrons. The van der Waals surface area contributed by atoms with Gasteiger partial charge in [0.25, 0.3) is 5.91 Å². The molecule has 2 aliphatic rings. The quantitative estimate of drug-likeness (QED) is 0.245. The van der Waals surface area contributed by atoms with E-state index in [9.17, 15) is 9.90 Å². The van der Waals surface area contributed by atoms with Crippen molar-refractivity contribution in [3.05, 3.63) is 120 Å². The molecule has 4 aromatic rings. The van der Waals surface area contributed by atoms with Gasteiger partial charge in [0, 0.05) is 60.3 Å². The third-order valence-electron chi connectivity index (χ3n) is 8.12. The fourth-order valence-electron chi connectivity index (χ4n) is 5.88. The largest absolute Gasteiger partial charge is 0.508 e. The number of aromatic nitrogens is 1. The van der Waals surface area contributed by atoms with E-state index in [1.165, 1.54) is 10.9 Å². The first-order valence-electron chi connectivity index (χ1n) is 14.4. The molecule has 210 valence electrons. The molecule has 0 atom stereocenters. The molecule has 1 saturated heterocycles. The Hall–Kier alpha value is -4.49. The van der Waals surface area contributed by atoms with Crippen molar-refractivity contribution < 1.29 is 14.6 Å². The predicted molar refractivity (Wildman–Crippen MR) is 162 cm³/mol. The van der Waals surface area contributed by atoms with Crippen LogP contribution in [0.1, 0.15) is 45.8 Å². The van der Waals surface area contributed by atoms with Crippen molar-refractivity contribution in [2.45, 2.75) is 25.2 Å². The Balaban J connectivity index is 1.00. The predicted octanol–water partition coefficient (Wildman–Crippen LogP) is 5.83. The summed E-state index contributed by atoms with van der Waals surface area (Å²) < 4.78 is 5.67. The van der Waals surface area contributed by atoms with Gasteiger partial charge in [-0.1, -0.05) is 48.5 Å². The second-order valence-corrected chi connectivity index (χ2v) is 10.8. The van der Waals surface area contributed by atoms with E-state index in [1.54, 1.807) is 18.4 Å². The number of fused-ring (bicyclic) bond motifs is 1. The summed E-state index contributed by atoms with van der Waals surface area (Å²) in [5, 5.41) is 14.2. The first-order valence-corrected chi connectivity index (χ1v) is 14.4. The first kappa shape index (κ1) is 26.7. The van der Waals surface area contributed by atoms with Gasteiger partial charge in [-0.2, -0.15) is 0 Å². The topological polar surface area (TPSA) is 80.8 Å². The lowest BCUT2D eigenvalue weighted by Gasteiger charge is -2.34. The van der Waals surface area contributed by atoms with E-state index >= 15 is 0 Å². The number of carbonyl (C=O) groups excluding carboxylic acids is 1. The molecular formula is C34H36N4O3. The molecule has 0 saturated carbocycles. The summed E-state index contributed by atoms with van der Waals surface area (Å²) in [5.41, 5.74) is 5.15. The minimum Gasteiger partial charge on any atom is -0.508 e. The number of para-hydroxylation sites is 1. The molecule has 0 spiro atoms. The minimum atomic E-state index is 0.0105. The average Bonchev–Trinajstić information content (AvgIpc) is 3.43. The fourth-order valence-corrected chi connectivity index (χ4v) is 5.88. The molecule has 3 N–H and O–H groups in total. The van der Waals surface area contributed by atoms with Crippen LogP contribution in [-0.2, 0) is 11.2 Å². The molecule has 0 aliphatic carbocycles. The first-order chi connectivity index (χ1) is 20.1. The Morgan fingerprint density at radius 2 is 1.83 bits per heavy atom. The second-order valence-electron chi connectivity index (χ2n) is 10.8. The molecule has 2 aliphatic heterocycles. The molecule has 7 nitrogen and oxygen atoms in total. The van der Waals surface area contributed by atoms with Gasteiger partial charge < -0.3 is 29.9 Å². The Morgan fingerprint density at radius 1 is 1.00 bits per heavy atom. The van der Waals surface area contributed by atoms with E-state index in [4.69, 9.17) is 4.74 Å². The number of hydrogen-bond acceptors (Lipinski definition) is 5. The molecular weight excluding hydrogens is 512 g/mol. The van der Waals surface area contributed by atoms with E-state index in [-0.39, 0.29) is 11.7 Å². The van der Waals surface area contributed by atoms with Crippen LogP contribution in [0.2, 0.25) is 0 Å². The molecule has 41 heavy (non-hydrogen) atoms. The molecule has 3 aromatic carbocycles. The van der Waals surface area contributed by atoms with Crippen LogP contribution in [0.5, 0.6) is 5.75 Å². The Kier molecular flexibility index (Phi) is 8.05. The van der Waals surface area contributed by atoms with Crippen LogP contribution in [-0.4, -0.2) is 58.5 Å². The van der Waals surface area contributed by atoms with Gasteiger partial charge in [-0.05, 0) is 73.7 Å². The highest BCUT2D eigenvalue weighted by molar-refractivity contribution is 5.96. The number of phenolic OH excluding ortho intramolecular Hbond substituents is 1. The van der Waals surface area contributed by atoms with E-state index < -0.39 is 0 Å². The van der Waals surface area contributed by atoms with E-state index in [0.29, 0.717) is 12.5 Å². The number of nitrogens with one attached hydrogen (secondary N) is 2. The number of ether oxygens (including phenoxy) is 1. The zero-order valence-electron chi connectivity index (χ0n) is 23.1. The summed E-state index contributed by atoms with van der Waals surface area (Å²) in [6.07, 6.45) is 10.5. The fraction of sp³-hybridized carbons (Fsp3) is 0.265. The van der Waals surface area contributed by atoms with E-state index in [0.717, 1.165) is 73.4 Å². The van der Waals surface area contributed by atoms with Crippen LogP contribution in [0, 0.1) is 0 Å². The number of rotatable bonds is 9. The molecule has 6 rings (SSSR count). The lowest BCUT2D eigenvalue weighted by atomic mass is 9.86. The summed E-state index contributed by atoms with van der Waals surface area (Å²) in [5.74, 6) is 1.33. The van der Waals surface area contributed by atoms with Crippen molar-refractivity contribution in [3.63, 3.8) is 0 Å². The van der Waals surface area contributed by atoms with Crippen molar-refractivity contribution in [2.24, 2.45) is 0 Å². The van der Waals surface area contributed by atoms with Gasteiger partial charge in [-0.25, -0.2) is 0 Å². The Morgan fingerprint density at radius 3 is 2.71 bits per heavy atom. The van der Waals surface area contributed by atoms with Crippen molar-refractivity contribution in [3.8, 4) is 5.75 Å². The summed E-state index contributed by atoms with van der Waals surface area (Å²) in [7, 11) is 0. The minimum absolute atomic E-state index is 0.0105. The van der Waals surface area contributed by atoms with Crippen molar-refractivity contribution in [2.75, 3.05) is 32.7 Å². The van der Waals surface area contributed by atoms with Gasteiger partial charge in [0.05, 0.1) is 0 Å². The van der Waals surface area contributed by atoms with Gasteiger partial charge in [-0.15, -0.1) is 0 Å². The lowest BCUT2D eigenvalue weighted by molar-refractivity contribution is 0.0951. The molecule has 1 fully saturated rings. The monoisotopic (exact) mass is 548 g/mol. The number of H-pyrrole nitrogens is 1. The van der Waals surface area contributed by atoms with Crippen molar-refractivity contribution in [1.82, 2.24) is 20.1 Å². The zero-order valence-corrected chi connectivity index (χ0v) is 23.1. The standard InChI is InChI=1S/C34H36N4O3/c39-28-7-5-6-26(22-28)33-24-38(20-21-41-33)19-18-37-16-13-25(14-17-37)29-8-1-2-10-31(29)34(40)35-15-12-27-23-36-32-11-4-3-9-30(27)32/h1-11,20-25,36,39H,12-19H2,(H,35,40). The lowest BCUT2D eigenvalue weighted by Crippen LogP contribution is -2.38. The van der Waals surface area contributed by atoms with Gasteiger partial charge in [-0.3, -0.25) is 4.79 Å². The third kappa shape index (κ3) is 6.31. The second kappa shape index (κ2) is 12.4. The highest BCUT2D eigenvalue weighted by atomic mass is 16.5. The number of likely N-dealkylation sites (tertiary alicyclic amines) is 1. The SMILES string of the molecule is O=C(NCCc1c[nH]c2ccccc12)c1ccccc1C1CCN(CCN2C=COC(c3cccc(O)c3)=C2)CC1. The van der Waals surface area contributed by atoms with Crippen LogP contribution in [0.4, 0.5) is 0 Å². The molecule has 0 bridgehead atoms. The summed E-state index contributed by atoms with van der Waals surface area (Å²) in [4.78, 5) is 21.2. The smallest absolute Gasteiger partial charge is 0.251 e. The Bertz CT molecular complexity index is 1570. The highest BCUT2D eigenvalue weighted by Crippen LogP contribution is 2.31. The molecule has 3 heterocycles. The Labute approximate surface area is 240 Å². The van der Waals surface area contributed by atoms with Crippen LogP contribution >= 0.6 is 0 Å². The van der Waals surface area contributed by atoms with Crippen LogP contribution in [0.3, 0.4) is 0 Å². The number of phenols is 1. The number of hydrogen-bond donors (Lipinski definition) is 3. The van der Waals surface area contributed by atoms with Crippen LogP contribution in [0.15, 0.2) is 97.7 Å².